The van der Waals surface area contributed by atoms with E-state index in [-0.39, 0.29) is 0 Å². The molecule has 0 bridgehead atoms. The highest BCUT2D eigenvalue weighted by molar-refractivity contribution is 5.43. The number of hydrogen-bond donors (Lipinski definition) is 1. The number of hydrogen-bond acceptors (Lipinski definition) is 3. The van der Waals surface area contributed by atoms with Gasteiger partial charge in [0.2, 0.25) is 0 Å². The summed E-state index contributed by atoms with van der Waals surface area (Å²) in [6.45, 7) is 7.11. The maximum atomic E-state index is 5.19. The molecule has 1 aromatic rings. The third kappa shape index (κ3) is 3.51. The van der Waals surface area contributed by atoms with Gasteiger partial charge in [0.15, 0.2) is 0 Å². The number of nitrogens with one attached hydrogen (secondary N) is 1. The second-order valence-corrected chi connectivity index (χ2v) is 4.12. The lowest BCUT2D eigenvalue weighted by atomic mass is 10.1. The average molecular weight is 208 g/mol. The number of aromatic nitrogens is 1. The normalized spacial score (nSPS) is 12.9. The van der Waals surface area contributed by atoms with Gasteiger partial charge in [0, 0.05) is 13.3 Å². The summed E-state index contributed by atoms with van der Waals surface area (Å²) in [5, 5.41) is 3.41. The number of aryl methyl sites for hydroxylation is 1. The maximum absolute atomic E-state index is 5.19. The van der Waals surface area contributed by atoms with Gasteiger partial charge in [-0.3, -0.25) is 0 Å². The minimum Gasteiger partial charge on any atom is -0.383 e. The van der Waals surface area contributed by atoms with Crippen LogP contribution in [0.5, 0.6) is 0 Å². The minimum atomic E-state index is 0.309. The number of rotatable bonds is 5. The summed E-state index contributed by atoms with van der Waals surface area (Å²) in [4.78, 5) is 4.32. The Kier molecular flexibility index (Phi) is 4.56. The van der Waals surface area contributed by atoms with Crippen molar-refractivity contribution < 1.29 is 4.74 Å². The van der Waals surface area contributed by atoms with E-state index in [0.29, 0.717) is 18.6 Å². The van der Waals surface area contributed by atoms with Crippen molar-refractivity contribution in [3.63, 3.8) is 0 Å². The van der Waals surface area contributed by atoms with Gasteiger partial charge >= 0.3 is 0 Å². The van der Waals surface area contributed by atoms with E-state index < -0.39 is 0 Å². The lowest BCUT2D eigenvalue weighted by Crippen LogP contribution is -2.31. The summed E-state index contributed by atoms with van der Waals surface area (Å²) in [6.07, 6.45) is 1.81. The van der Waals surface area contributed by atoms with Crippen LogP contribution in [0.1, 0.15) is 19.4 Å². The fraction of sp³-hybridized carbons (Fsp3) is 0.583. The van der Waals surface area contributed by atoms with Gasteiger partial charge in [-0.15, -0.1) is 0 Å². The molecule has 84 valence electrons. The van der Waals surface area contributed by atoms with Crippen molar-refractivity contribution in [1.29, 1.82) is 0 Å². The number of anilines is 1. The zero-order valence-electron chi connectivity index (χ0n) is 9.95. The van der Waals surface area contributed by atoms with E-state index in [0.717, 1.165) is 5.82 Å². The molecule has 0 spiro atoms. The quantitative estimate of drug-likeness (QED) is 0.807. The Hall–Kier alpha value is -1.09. The fourth-order valence-corrected chi connectivity index (χ4v) is 1.39. The second-order valence-electron chi connectivity index (χ2n) is 4.12. The summed E-state index contributed by atoms with van der Waals surface area (Å²) >= 11 is 0. The lowest BCUT2D eigenvalue weighted by Gasteiger charge is -2.22. The van der Waals surface area contributed by atoms with Crippen molar-refractivity contribution in [2.75, 3.05) is 19.0 Å². The monoisotopic (exact) mass is 208 g/mol. The number of nitrogens with zero attached hydrogens (tertiary/aromatic N) is 1. The van der Waals surface area contributed by atoms with Gasteiger partial charge < -0.3 is 10.1 Å². The number of ether oxygens (including phenoxy) is 1. The van der Waals surface area contributed by atoms with Crippen molar-refractivity contribution in [2.45, 2.75) is 26.8 Å². The van der Waals surface area contributed by atoms with Crippen LogP contribution in [0.3, 0.4) is 0 Å². The first-order valence-electron chi connectivity index (χ1n) is 5.32. The Morgan fingerprint density at radius 3 is 2.73 bits per heavy atom. The molecule has 0 amide bonds. The highest BCUT2D eigenvalue weighted by Gasteiger charge is 2.13. The van der Waals surface area contributed by atoms with Gasteiger partial charge in [-0.05, 0) is 24.5 Å². The van der Waals surface area contributed by atoms with Crippen LogP contribution < -0.4 is 5.32 Å². The van der Waals surface area contributed by atoms with E-state index in [1.54, 1.807) is 13.3 Å². The molecule has 1 aromatic heterocycles. The molecule has 15 heavy (non-hydrogen) atoms. The number of pyridine rings is 1. The molecular formula is C12H20N2O. The largest absolute Gasteiger partial charge is 0.383 e. The van der Waals surface area contributed by atoms with Crippen LogP contribution in [0, 0.1) is 12.8 Å². The zero-order chi connectivity index (χ0) is 11.3. The molecule has 0 aliphatic carbocycles. The van der Waals surface area contributed by atoms with Crippen LogP contribution in [0.2, 0.25) is 0 Å². The molecule has 3 nitrogen and oxygen atoms in total. The first-order valence-corrected chi connectivity index (χ1v) is 5.32. The predicted molar refractivity (Wildman–Crippen MR) is 63.1 cm³/mol. The van der Waals surface area contributed by atoms with Crippen LogP contribution in [-0.2, 0) is 4.74 Å². The Morgan fingerprint density at radius 1 is 1.47 bits per heavy atom. The van der Waals surface area contributed by atoms with Crippen molar-refractivity contribution in [1.82, 2.24) is 4.98 Å². The van der Waals surface area contributed by atoms with Gasteiger partial charge in [0.05, 0.1) is 12.6 Å². The van der Waals surface area contributed by atoms with Gasteiger partial charge in [-0.2, -0.15) is 0 Å². The van der Waals surface area contributed by atoms with Crippen molar-refractivity contribution in [2.24, 2.45) is 5.92 Å². The molecular weight excluding hydrogens is 188 g/mol. The lowest BCUT2D eigenvalue weighted by molar-refractivity contribution is 0.171. The summed E-state index contributed by atoms with van der Waals surface area (Å²) in [6, 6.07) is 4.31. The molecule has 1 unspecified atom stereocenters. The second kappa shape index (κ2) is 5.71. The summed E-state index contributed by atoms with van der Waals surface area (Å²) < 4.78 is 5.19. The Balaban J connectivity index is 2.69. The fourth-order valence-electron chi connectivity index (χ4n) is 1.39. The maximum Gasteiger partial charge on any atom is 0.129 e. The molecule has 0 fully saturated rings. The van der Waals surface area contributed by atoms with Gasteiger partial charge in [-0.1, -0.05) is 19.9 Å². The van der Waals surface area contributed by atoms with Gasteiger partial charge in [-0.25, -0.2) is 4.98 Å². The molecule has 1 atom stereocenters. The zero-order valence-corrected chi connectivity index (χ0v) is 9.95. The molecule has 0 saturated heterocycles. The third-order valence-corrected chi connectivity index (χ3v) is 2.48. The smallest absolute Gasteiger partial charge is 0.129 e. The van der Waals surface area contributed by atoms with E-state index >= 15 is 0 Å². The highest BCUT2D eigenvalue weighted by Crippen LogP contribution is 2.14. The van der Waals surface area contributed by atoms with E-state index in [2.05, 4.69) is 37.1 Å². The molecule has 0 aliphatic rings. The molecule has 0 aromatic carbocycles. The van der Waals surface area contributed by atoms with E-state index in [1.807, 2.05) is 6.07 Å². The Bertz CT molecular complexity index is 299. The average Bonchev–Trinajstić information content (AvgIpc) is 2.20. The van der Waals surface area contributed by atoms with Crippen LogP contribution >= 0.6 is 0 Å². The first kappa shape index (κ1) is 12.0. The van der Waals surface area contributed by atoms with E-state index in [4.69, 9.17) is 4.74 Å². The van der Waals surface area contributed by atoms with Crippen LogP contribution in [0.25, 0.3) is 0 Å². The molecule has 1 N–H and O–H groups in total. The minimum absolute atomic E-state index is 0.309. The van der Waals surface area contributed by atoms with Crippen LogP contribution in [0.15, 0.2) is 18.3 Å². The van der Waals surface area contributed by atoms with Crippen molar-refractivity contribution in [3.8, 4) is 0 Å². The Morgan fingerprint density at radius 2 is 2.20 bits per heavy atom. The molecule has 0 saturated carbocycles. The van der Waals surface area contributed by atoms with Crippen LogP contribution in [0.4, 0.5) is 5.82 Å². The van der Waals surface area contributed by atoms with Gasteiger partial charge in [0.25, 0.3) is 0 Å². The molecule has 1 rings (SSSR count). The number of methoxy groups -OCH3 is 1. The first-order chi connectivity index (χ1) is 7.15. The van der Waals surface area contributed by atoms with Gasteiger partial charge in [0.1, 0.15) is 5.82 Å². The van der Waals surface area contributed by atoms with Crippen molar-refractivity contribution in [3.05, 3.63) is 23.9 Å². The predicted octanol–water partition coefficient (Wildman–Crippen LogP) is 2.47. The molecule has 3 heteroatoms. The van der Waals surface area contributed by atoms with Crippen LogP contribution in [-0.4, -0.2) is 24.7 Å². The third-order valence-electron chi connectivity index (χ3n) is 2.48. The summed E-state index contributed by atoms with van der Waals surface area (Å²) in [7, 11) is 1.72. The summed E-state index contributed by atoms with van der Waals surface area (Å²) in [5.74, 6) is 1.47. The summed E-state index contributed by atoms with van der Waals surface area (Å²) in [5.41, 5.74) is 1.17. The van der Waals surface area contributed by atoms with E-state index in [9.17, 15) is 0 Å². The standard InChI is InChI=1S/C12H20N2O/c1-9(2)11(8-15-4)14-12-10(3)6-5-7-13-12/h5-7,9,11H,8H2,1-4H3,(H,13,14). The Labute approximate surface area is 91.9 Å². The topological polar surface area (TPSA) is 34.1 Å². The highest BCUT2D eigenvalue weighted by atomic mass is 16.5. The molecule has 0 aliphatic heterocycles. The van der Waals surface area contributed by atoms with Crippen molar-refractivity contribution >= 4 is 5.82 Å². The van der Waals surface area contributed by atoms with E-state index in [1.165, 1.54) is 5.56 Å². The SMILES string of the molecule is COCC(Nc1ncccc1C)C(C)C. The molecule has 1 heterocycles. The molecule has 0 radical (unpaired) electrons.